The second-order valence-corrected chi connectivity index (χ2v) is 9.39. The topological polar surface area (TPSA) is 75.7 Å². The number of anilines is 1. The van der Waals surface area contributed by atoms with Gasteiger partial charge in [-0.2, -0.15) is 4.31 Å². The Hall–Kier alpha value is -1.93. The maximum absolute atomic E-state index is 12.9. The first-order valence-electron chi connectivity index (χ1n) is 9.00. The van der Waals surface area contributed by atoms with Crippen LogP contribution in [0.5, 0.6) is 0 Å². The van der Waals surface area contributed by atoms with Gasteiger partial charge in [0, 0.05) is 29.4 Å². The Kier molecular flexibility index (Phi) is 6.09. The summed E-state index contributed by atoms with van der Waals surface area (Å²) in [6.07, 6.45) is -0.325. The molecule has 2 aromatic carbocycles. The second-order valence-electron chi connectivity index (χ2n) is 7.02. The Labute approximate surface area is 170 Å². The molecular weight excluding hydrogens is 400 g/mol. The zero-order valence-corrected chi connectivity index (χ0v) is 17.5. The van der Waals surface area contributed by atoms with E-state index < -0.39 is 10.0 Å². The summed E-state index contributed by atoms with van der Waals surface area (Å²) in [4.78, 5) is 12.7. The fourth-order valence-corrected chi connectivity index (χ4v) is 4.94. The van der Waals surface area contributed by atoms with Crippen LogP contribution in [-0.4, -0.2) is 43.9 Å². The van der Waals surface area contributed by atoms with Crippen LogP contribution in [0.2, 0.25) is 5.02 Å². The van der Waals surface area contributed by atoms with Crippen LogP contribution in [0.25, 0.3) is 0 Å². The van der Waals surface area contributed by atoms with E-state index in [2.05, 4.69) is 5.32 Å². The number of hydrogen-bond donors (Lipinski definition) is 1. The highest BCUT2D eigenvalue weighted by molar-refractivity contribution is 7.89. The highest BCUT2D eigenvalue weighted by Crippen LogP contribution is 2.23. The molecule has 2 aromatic rings. The lowest BCUT2D eigenvalue weighted by molar-refractivity contribution is -0.0440. The highest BCUT2D eigenvalue weighted by Gasteiger charge is 2.32. The lowest BCUT2D eigenvalue weighted by Crippen LogP contribution is -2.48. The minimum Gasteiger partial charge on any atom is -0.373 e. The zero-order valence-electron chi connectivity index (χ0n) is 16.0. The number of morpholine rings is 1. The molecule has 8 heteroatoms. The predicted octanol–water partition coefficient (Wildman–Crippen LogP) is 3.70. The number of ether oxygens (including phenoxy) is 1. The molecule has 6 nitrogen and oxygen atoms in total. The first-order chi connectivity index (χ1) is 13.2. The van der Waals surface area contributed by atoms with E-state index in [-0.39, 0.29) is 23.0 Å². The number of carbonyl (C=O) groups excluding carboxylic acids is 1. The summed E-state index contributed by atoms with van der Waals surface area (Å²) in [5.74, 6) is -0.331. The molecule has 1 fully saturated rings. The van der Waals surface area contributed by atoms with Gasteiger partial charge in [0.15, 0.2) is 0 Å². The van der Waals surface area contributed by atoms with Crippen LogP contribution in [0.1, 0.15) is 29.8 Å². The Morgan fingerprint density at radius 2 is 1.71 bits per heavy atom. The van der Waals surface area contributed by atoms with E-state index >= 15 is 0 Å². The van der Waals surface area contributed by atoms with E-state index in [1.807, 2.05) is 26.8 Å². The summed E-state index contributed by atoms with van der Waals surface area (Å²) < 4.78 is 32.8. The average molecular weight is 423 g/mol. The zero-order chi connectivity index (χ0) is 20.5. The molecule has 1 N–H and O–H groups in total. The fraction of sp³-hybridized carbons (Fsp3) is 0.350. The molecule has 0 bridgehead atoms. The fourth-order valence-electron chi connectivity index (χ4n) is 3.18. The SMILES string of the molecule is Cc1ccc(Cl)cc1NC(=O)c1ccc(S(=O)(=O)N2C[C@H](C)O[C@@H](C)C2)cc1. The second kappa shape index (κ2) is 8.21. The Morgan fingerprint density at radius 3 is 2.32 bits per heavy atom. The molecule has 150 valence electrons. The number of benzene rings is 2. The molecule has 1 saturated heterocycles. The first kappa shape index (κ1) is 20.8. The van der Waals surface area contributed by atoms with Crippen LogP contribution >= 0.6 is 11.6 Å². The Morgan fingerprint density at radius 1 is 1.11 bits per heavy atom. The molecule has 2 atom stereocenters. The molecule has 1 amide bonds. The number of amides is 1. The molecular formula is C20H23ClN2O4S. The number of sulfonamides is 1. The maximum atomic E-state index is 12.9. The number of aryl methyl sites for hydroxylation is 1. The Bertz CT molecular complexity index is 966. The van der Waals surface area contributed by atoms with Gasteiger partial charge in [-0.1, -0.05) is 17.7 Å². The van der Waals surface area contributed by atoms with E-state index in [9.17, 15) is 13.2 Å². The van der Waals surface area contributed by atoms with Crippen molar-refractivity contribution in [2.24, 2.45) is 0 Å². The van der Waals surface area contributed by atoms with Crippen molar-refractivity contribution >= 4 is 33.2 Å². The first-order valence-corrected chi connectivity index (χ1v) is 10.8. The summed E-state index contributed by atoms with van der Waals surface area (Å²) in [7, 11) is -3.64. The van der Waals surface area contributed by atoms with Crippen molar-refractivity contribution in [2.45, 2.75) is 37.9 Å². The van der Waals surface area contributed by atoms with Gasteiger partial charge in [-0.05, 0) is 62.7 Å². The minimum absolute atomic E-state index is 0.157. The molecule has 1 aliphatic rings. The average Bonchev–Trinajstić information content (AvgIpc) is 2.64. The lowest BCUT2D eigenvalue weighted by Gasteiger charge is -2.34. The molecule has 0 saturated carbocycles. The predicted molar refractivity (Wildman–Crippen MR) is 109 cm³/mol. The quantitative estimate of drug-likeness (QED) is 0.815. The van der Waals surface area contributed by atoms with Crippen LogP contribution in [0, 0.1) is 6.92 Å². The molecule has 0 spiro atoms. The Balaban J connectivity index is 1.77. The van der Waals surface area contributed by atoms with Crippen molar-refractivity contribution in [1.82, 2.24) is 4.31 Å². The third-order valence-electron chi connectivity index (χ3n) is 4.59. The number of rotatable bonds is 4. The molecule has 0 aliphatic carbocycles. The molecule has 28 heavy (non-hydrogen) atoms. The van der Waals surface area contributed by atoms with Gasteiger partial charge in [0.1, 0.15) is 0 Å². The molecule has 0 unspecified atom stereocenters. The van der Waals surface area contributed by atoms with Gasteiger partial charge < -0.3 is 10.1 Å². The maximum Gasteiger partial charge on any atom is 0.255 e. The normalized spacial score (nSPS) is 20.7. The van der Waals surface area contributed by atoms with Crippen LogP contribution in [0.15, 0.2) is 47.4 Å². The molecule has 0 aromatic heterocycles. The summed E-state index contributed by atoms with van der Waals surface area (Å²) >= 11 is 5.98. The smallest absolute Gasteiger partial charge is 0.255 e. The van der Waals surface area contributed by atoms with E-state index in [1.54, 1.807) is 12.1 Å². The highest BCUT2D eigenvalue weighted by atomic mass is 35.5. The third kappa shape index (κ3) is 4.55. The van der Waals surface area contributed by atoms with Crippen LogP contribution in [-0.2, 0) is 14.8 Å². The summed E-state index contributed by atoms with van der Waals surface area (Å²) in [5.41, 5.74) is 1.86. The van der Waals surface area contributed by atoms with Gasteiger partial charge in [-0.3, -0.25) is 4.79 Å². The van der Waals surface area contributed by atoms with E-state index in [0.717, 1.165) is 5.56 Å². The van der Waals surface area contributed by atoms with Crippen LogP contribution in [0.4, 0.5) is 5.69 Å². The number of carbonyl (C=O) groups is 1. The van der Waals surface area contributed by atoms with Gasteiger partial charge in [0.2, 0.25) is 10.0 Å². The number of hydrogen-bond acceptors (Lipinski definition) is 4. The van der Waals surface area contributed by atoms with Gasteiger partial charge in [-0.25, -0.2) is 8.42 Å². The molecule has 3 rings (SSSR count). The largest absolute Gasteiger partial charge is 0.373 e. The van der Waals surface area contributed by atoms with Gasteiger partial charge in [0.05, 0.1) is 17.1 Å². The number of nitrogens with one attached hydrogen (secondary N) is 1. The third-order valence-corrected chi connectivity index (χ3v) is 6.67. The van der Waals surface area contributed by atoms with Crippen molar-refractivity contribution in [1.29, 1.82) is 0 Å². The van der Waals surface area contributed by atoms with Crippen LogP contribution < -0.4 is 5.32 Å². The number of halogens is 1. The van der Waals surface area contributed by atoms with Crippen molar-refractivity contribution in [3.63, 3.8) is 0 Å². The van der Waals surface area contributed by atoms with Crippen molar-refractivity contribution in [2.75, 3.05) is 18.4 Å². The van der Waals surface area contributed by atoms with E-state index in [1.165, 1.54) is 28.6 Å². The minimum atomic E-state index is -3.64. The van der Waals surface area contributed by atoms with Crippen molar-refractivity contribution in [3.05, 3.63) is 58.6 Å². The van der Waals surface area contributed by atoms with Gasteiger partial charge >= 0.3 is 0 Å². The van der Waals surface area contributed by atoms with E-state index in [0.29, 0.717) is 29.4 Å². The summed E-state index contributed by atoms with van der Waals surface area (Å²) in [6.45, 7) is 6.19. The van der Waals surface area contributed by atoms with Gasteiger partial charge in [0.25, 0.3) is 5.91 Å². The number of nitrogens with zero attached hydrogens (tertiary/aromatic N) is 1. The molecule has 0 radical (unpaired) electrons. The lowest BCUT2D eigenvalue weighted by atomic mass is 10.1. The van der Waals surface area contributed by atoms with E-state index in [4.69, 9.17) is 16.3 Å². The van der Waals surface area contributed by atoms with Gasteiger partial charge in [-0.15, -0.1) is 0 Å². The summed E-state index contributed by atoms with van der Waals surface area (Å²) in [5, 5.41) is 3.33. The standard InChI is InChI=1S/C20H23ClN2O4S/c1-13-4-7-17(21)10-19(13)22-20(24)16-5-8-18(9-6-16)28(25,26)23-11-14(2)27-15(3)12-23/h4-10,14-15H,11-12H2,1-3H3,(H,22,24)/t14-,15-/m0/s1. The molecule has 1 heterocycles. The van der Waals surface area contributed by atoms with Crippen molar-refractivity contribution < 1.29 is 17.9 Å². The monoisotopic (exact) mass is 422 g/mol. The molecule has 1 aliphatic heterocycles. The van der Waals surface area contributed by atoms with Crippen LogP contribution in [0.3, 0.4) is 0 Å². The van der Waals surface area contributed by atoms with Crippen molar-refractivity contribution in [3.8, 4) is 0 Å². The summed E-state index contributed by atoms with van der Waals surface area (Å²) in [6, 6.07) is 11.2.